The van der Waals surface area contributed by atoms with Crippen molar-refractivity contribution in [2.75, 3.05) is 10.6 Å². The van der Waals surface area contributed by atoms with Gasteiger partial charge in [-0.1, -0.05) is 22.0 Å². The molecule has 110 valence electrons. The molecule has 2 aromatic rings. The molecule has 0 aromatic heterocycles. The average Bonchev–Trinajstić information content (AvgIpc) is 2.41. The van der Waals surface area contributed by atoms with E-state index in [4.69, 9.17) is 12.2 Å². The van der Waals surface area contributed by atoms with Crippen molar-refractivity contribution in [1.29, 1.82) is 0 Å². The lowest BCUT2D eigenvalue weighted by Gasteiger charge is -2.12. The molecule has 0 aliphatic carbocycles. The lowest BCUT2D eigenvalue weighted by molar-refractivity contribution is -0.137. The van der Waals surface area contributed by atoms with Gasteiger partial charge >= 0.3 is 6.18 Å². The molecule has 0 aliphatic rings. The van der Waals surface area contributed by atoms with Crippen LogP contribution < -0.4 is 10.6 Å². The van der Waals surface area contributed by atoms with Crippen LogP contribution in [0.1, 0.15) is 5.56 Å². The fraction of sp³-hybridized carbons (Fsp3) is 0.0714. The van der Waals surface area contributed by atoms with Crippen LogP contribution in [0.25, 0.3) is 0 Å². The molecule has 2 N–H and O–H groups in total. The Balaban J connectivity index is 2.04. The van der Waals surface area contributed by atoms with Gasteiger partial charge in [0.15, 0.2) is 5.11 Å². The summed E-state index contributed by atoms with van der Waals surface area (Å²) >= 11 is 8.38. The minimum Gasteiger partial charge on any atom is -0.332 e. The first-order chi connectivity index (χ1) is 9.84. The third-order valence-electron chi connectivity index (χ3n) is 2.55. The van der Waals surface area contributed by atoms with Gasteiger partial charge in [-0.05, 0) is 54.7 Å². The number of halogens is 4. The Morgan fingerprint density at radius 1 is 0.952 bits per heavy atom. The van der Waals surface area contributed by atoms with E-state index in [2.05, 4.69) is 26.6 Å². The first-order valence-electron chi connectivity index (χ1n) is 5.85. The number of alkyl halides is 3. The average molecular weight is 375 g/mol. The molecule has 0 spiro atoms. The van der Waals surface area contributed by atoms with Crippen LogP contribution in [0.15, 0.2) is 53.0 Å². The summed E-state index contributed by atoms with van der Waals surface area (Å²) < 4.78 is 38.7. The quantitative estimate of drug-likeness (QED) is 0.699. The van der Waals surface area contributed by atoms with Crippen LogP contribution in [-0.4, -0.2) is 5.11 Å². The van der Waals surface area contributed by atoms with E-state index < -0.39 is 11.7 Å². The highest BCUT2D eigenvalue weighted by Gasteiger charge is 2.30. The number of benzene rings is 2. The normalized spacial score (nSPS) is 11.0. The predicted molar refractivity (Wildman–Crippen MR) is 85.4 cm³/mol. The smallest absolute Gasteiger partial charge is 0.332 e. The molecular formula is C14H10BrF3N2S. The van der Waals surface area contributed by atoms with Gasteiger partial charge in [-0.2, -0.15) is 13.2 Å². The molecule has 0 saturated heterocycles. The molecule has 2 aromatic carbocycles. The maximum atomic E-state index is 12.6. The van der Waals surface area contributed by atoms with Gasteiger partial charge in [0, 0.05) is 15.8 Å². The molecule has 0 saturated carbocycles. The van der Waals surface area contributed by atoms with Gasteiger partial charge < -0.3 is 10.6 Å². The van der Waals surface area contributed by atoms with Gasteiger partial charge in [0.25, 0.3) is 0 Å². The summed E-state index contributed by atoms with van der Waals surface area (Å²) in [6.45, 7) is 0. The van der Waals surface area contributed by atoms with E-state index >= 15 is 0 Å². The molecule has 7 heteroatoms. The highest BCUT2D eigenvalue weighted by Crippen LogP contribution is 2.30. The van der Waals surface area contributed by atoms with Crippen LogP contribution in [-0.2, 0) is 6.18 Å². The van der Waals surface area contributed by atoms with Crippen LogP contribution in [0.4, 0.5) is 24.5 Å². The van der Waals surface area contributed by atoms with Gasteiger partial charge in [0.1, 0.15) is 0 Å². The molecule has 0 amide bonds. The largest absolute Gasteiger partial charge is 0.416 e. The first kappa shape index (κ1) is 15.8. The van der Waals surface area contributed by atoms with E-state index in [0.29, 0.717) is 0 Å². The van der Waals surface area contributed by atoms with E-state index in [1.807, 2.05) is 12.1 Å². The third kappa shape index (κ3) is 4.71. The van der Waals surface area contributed by atoms with E-state index in [0.717, 1.165) is 22.3 Å². The predicted octanol–water partition coefficient (Wildman–Crippen LogP) is 5.28. The maximum Gasteiger partial charge on any atom is 0.416 e. The van der Waals surface area contributed by atoms with Crippen molar-refractivity contribution >= 4 is 44.6 Å². The second kappa shape index (κ2) is 6.44. The van der Waals surface area contributed by atoms with Crippen LogP contribution in [0.5, 0.6) is 0 Å². The molecule has 0 fully saturated rings. The maximum absolute atomic E-state index is 12.6. The Hall–Kier alpha value is -1.60. The number of anilines is 2. The Morgan fingerprint density at radius 2 is 1.57 bits per heavy atom. The van der Waals surface area contributed by atoms with Crippen molar-refractivity contribution in [3.8, 4) is 0 Å². The molecule has 0 aliphatic heterocycles. The van der Waals surface area contributed by atoms with Crippen LogP contribution in [0, 0.1) is 0 Å². The van der Waals surface area contributed by atoms with E-state index in [9.17, 15) is 13.2 Å². The van der Waals surface area contributed by atoms with E-state index in [1.165, 1.54) is 12.1 Å². The number of hydrogen-bond acceptors (Lipinski definition) is 1. The fourth-order valence-corrected chi connectivity index (χ4v) is 2.10. The summed E-state index contributed by atoms with van der Waals surface area (Å²) in [6, 6.07) is 12.1. The van der Waals surface area contributed by atoms with Crippen LogP contribution >= 0.6 is 28.1 Å². The van der Waals surface area contributed by atoms with Crippen molar-refractivity contribution < 1.29 is 13.2 Å². The third-order valence-corrected chi connectivity index (χ3v) is 3.28. The van der Waals surface area contributed by atoms with Gasteiger partial charge in [0.2, 0.25) is 0 Å². The van der Waals surface area contributed by atoms with Gasteiger partial charge in [-0.15, -0.1) is 0 Å². The van der Waals surface area contributed by atoms with Crippen LogP contribution in [0.2, 0.25) is 0 Å². The van der Waals surface area contributed by atoms with E-state index in [1.54, 1.807) is 12.1 Å². The number of nitrogens with one attached hydrogen (secondary N) is 2. The summed E-state index contributed by atoms with van der Waals surface area (Å²) in [5.74, 6) is 0. The minimum atomic E-state index is -4.38. The van der Waals surface area contributed by atoms with Crippen molar-refractivity contribution in [3.63, 3.8) is 0 Å². The Bertz CT molecular complexity index is 641. The highest BCUT2D eigenvalue weighted by molar-refractivity contribution is 9.10. The second-order valence-corrected chi connectivity index (χ2v) is 5.49. The summed E-state index contributed by atoms with van der Waals surface area (Å²) in [4.78, 5) is 0. The second-order valence-electron chi connectivity index (χ2n) is 4.16. The van der Waals surface area contributed by atoms with Crippen molar-refractivity contribution in [3.05, 3.63) is 58.6 Å². The SMILES string of the molecule is FC(F)(F)c1cccc(NC(=S)Nc2ccc(Br)cc2)c1. The molecule has 0 atom stereocenters. The summed E-state index contributed by atoms with van der Waals surface area (Å²) in [5.41, 5.74) is 0.293. The monoisotopic (exact) mass is 374 g/mol. The molecule has 21 heavy (non-hydrogen) atoms. The van der Waals surface area contributed by atoms with Gasteiger partial charge in [-0.3, -0.25) is 0 Å². The lowest BCUT2D eigenvalue weighted by atomic mass is 10.2. The standard InChI is InChI=1S/C14H10BrF3N2S/c15-10-4-6-11(7-5-10)19-13(21)20-12-3-1-2-9(8-12)14(16,17)18/h1-8H,(H2,19,20,21). The number of rotatable bonds is 2. The fourth-order valence-electron chi connectivity index (χ4n) is 1.60. The number of thiocarbonyl (C=S) groups is 1. The molecule has 0 radical (unpaired) electrons. The highest BCUT2D eigenvalue weighted by atomic mass is 79.9. The van der Waals surface area contributed by atoms with E-state index in [-0.39, 0.29) is 10.8 Å². The molecular weight excluding hydrogens is 365 g/mol. The zero-order chi connectivity index (χ0) is 15.5. The van der Waals surface area contributed by atoms with Crippen molar-refractivity contribution in [2.45, 2.75) is 6.18 Å². The zero-order valence-corrected chi connectivity index (χ0v) is 12.9. The van der Waals surface area contributed by atoms with Crippen molar-refractivity contribution in [1.82, 2.24) is 0 Å². The Morgan fingerprint density at radius 3 is 2.19 bits per heavy atom. The topological polar surface area (TPSA) is 24.1 Å². The Kier molecular flexibility index (Phi) is 4.84. The molecule has 2 rings (SSSR count). The first-order valence-corrected chi connectivity index (χ1v) is 7.05. The molecule has 0 bridgehead atoms. The van der Waals surface area contributed by atoms with Crippen LogP contribution in [0.3, 0.4) is 0 Å². The minimum absolute atomic E-state index is 0.219. The summed E-state index contributed by atoms with van der Waals surface area (Å²) in [6.07, 6.45) is -4.38. The summed E-state index contributed by atoms with van der Waals surface area (Å²) in [7, 11) is 0. The molecule has 2 nitrogen and oxygen atoms in total. The van der Waals surface area contributed by atoms with Gasteiger partial charge in [0.05, 0.1) is 5.56 Å². The van der Waals surface area contributed by atoms with Gasteiger partial charge in [-0.25, -0.2) is 0 Å². The molecule has 0 unspecified atom stereocenters. The van der Waals surface area contributed by atoms with Crippen molar-refractivity contribution in [2.24, 2.45) is 0 Å². The summed E-state index contributed by atoms with van der Waals surface area (Å²) in [5, 5.41) is 5.84. The molecule has 0 heterocycles. The Labute approximate surface area is 133 Å². The lowest BCUT2D eigenvalue weighted by Crippen LogP contribution is -2.19. The number of hydrogen-bond donors (Lipinski definition) is 2. The zero-order valence-electron chi connectivity index (χ0n) is 10.5.